The van der Waals surface area contributed by atoms with E-state index in [0.717, 1.165) is 178 Å². The highest BCUT2D eigenvalue weighted by atomic mass is 14.3. The molecule has 0 saturated carbocycles. The highest BCUT2D eigenvalue weighted by Gasteiger charge is 2.29. The van der Waals surface area contributed by atoms with Gasteiger partial charge in [-0.15, -0.1) is 0 Å². The van der Waals surface area contributed by atoms with Crippen molar-refractivity contribution in [2.75, 3.05) is 0 Å². The summed E-state index contributed by atoms with van der Waals surface area (Å²) in [7, 11) is 0. The molecule has 0 fully saturated rings. The van der Waals surface area contributed by atoms with E-state index in [0.29, 0.717) is 0 Å². The average Bonchev–Trinajstić information content (AvgIpc) is 0.733. The van der Waals surface area contributed by atoms with E-state index in [2.05, 4.69) is 430 Å². The van der Waals surface area contributed by atoms with E-state index in [1.165, 1.54) is 0 Å². The molecule has 108 heavy (non-hydrogen) atoms. The van der Waals surface area contributed by atoms with Crippen LogP contribution >= 0.6 is 0 Å². The lowest BCUT2D eigenvalue weighted by atomic mass is 9.76. The second-order valence-electron chi connectivity index (χ2n) is 26.8. The van der Waals surface area contributed by atoms with Crippen LogP contribution in [0.5, 0.6) is 0 Å². The van der Waals surface area contributed by atoms with Gasteiger partial charge >= 0.3 is 0 Å². The molecule has 0 aromatic heterocycles. The Labute approximate surface area is 634 Å². The Balaban J connectivity index is 1.07. The minimum Gasteiger partial charge on any atom is -0.0622 e. The van der Waals surface area contributed by atoms with Crippen LogP contribution in [0.3, 0.4) is 0 Å². The molecule has 0 spiro atoms. The van der Waals surface area contributed by atoms with Crippen molar-refractivity contribution >= 4 is 0 Å². The monoisotopic (exact) mass is 1370 g/mol. The highest BCUT2D eigenvalue weighted by Crippen LogP contribution is 2.55. The standard InChI is InChI=1S/C108H70/c1-13-37-77(38-14-1)61-62-80-63-67-90(68-64-80)107-98(83-47-23-6-24-48-83)76-101(106(88-57-33-11-34-58-88)108(107)89-59-35-12-36-60-89)93-72-91(99-74-96(81-43-19-4-20-44-81)94(69-65-78-39-15-2-16-40-78)102(84-49-25-7-26-50-84)104(99)86-53-29-9-30-54-86)71-92(73-93)100-75-97(82-45-21-5-22-46-82)95(70-66-79-41-17-3-18-42-79)103(85-51-27-8-28-52-85)105(100)87-55-31-10-32-56-87/h1-60,63-64,67-68,71-76H. The van der Waals surface area contributed by atoms with Crippen molar-refractivity contribution in [3.8, 4) is 180 Å². The third-order valence-electron chi connectivity index (χ3n) is 20.0. The van der Waals surface area contributed by atoms with E-state index < -0.39 is 0 Å². The van der Waals surface area contributed by atoms with Crippen LogP contribution in [0.4, 0.5) is 0 Å². The first kappa shape index (κ1) is 66.6. The molecule has 0 radical (unpaired) electrons. The van der Waals surface area contributed by atoms with Crippen molar-refractivity contribution in [2.45, 2.75) is 0 Å². The summed E-state index contributed by atoms with van der Waals surface area (Å²) in [5.41, 5.74) is 33.2. The Morgan fingerprint density at radius 3 is 0.583 bits per heavy atom. The van der Waals surface area contributed by atoms with Crippen LogP contribution in [0, 0.1) is 35.5 Å². The lowest BCUT2D eigenvalue weighted by molar-refractivity contribution is 1.49. The number of hydrogen-bond acceptors (Lipinski definition) is 0. The summed E-state index contributed by atoms with van der Waals surface area (Å²) >= 11 is 0. The van der Waals surface area contributed by atoms with Crippen LogP contribution < -0.4 is 0 Å². The molecule has 0 atom stereocenters. The molecule has 17 aromatic rings. The summed E-state index contributed by atoms with van der Waals surface area (Å²) in [4.78, 5) is 0. The fourth-order valence-electron chi connectivity index (χ4n) is 15.0. The lowest BCUT2D eigenvalue weighted by Crippen LogP contribution is -2.01. The second-order valence-corrected chi connectivity index (χ2v) is 26.8. The zero-order valence-electron chi connectivity index (χ0n) is 59.4. The molecule has 0 amide bonds. The second kappa shape index (κ2) is 31.2. The van der Waals surface area contributed by atoms with E-state index in [1.807, 2.05) is 30.3 Å². The molecule has 0 heteroatoms. The fraction of sp³-hybridized carbons (Fsp3) is 0. The highest BCUT2D eigenvalue weighted by molar-refractivity contribution is 6.10. The van der Waals surface area contributed by atoms with Crippen LogP contribution in [0.15, 0.2) is 425 Å². The molecule has 0 saturated heterocycles. The third-order valence-corrected chi connectivity index (χ3v) is 20.0. The Hall–Kier alpha value is -14.6. The van der Waals surface area contributed by atoms with Crippen LogP contribution in [0.2, 0.25) is 0 Å². The van der Waals surface area contributed by atoms with Gasteiger partial charge in [0.1, 0.15) is 0 Å². The molecule has 0 unspecified atom stereocenters. The van der Waals surface area contributed by atoms with Crippen molar-refractivity contribution < 1.29 is 0 Å². The molecule has 0 nitrogen and oxygen atoms in total. The van der Waals surface area contributed by atoms with Gasteiger partial charge in [0.2, 0.25) is 0 Å². The predicted octanol–water partition coefficient (Wildman–Crippen LogP) is 27.6. The van der Waals surface area contributed by atoms with Crippen molar-refractivity contribution in [2.24, 2.45) is 0 Å². The van der Waals surface area contributed by atoms with Gasteiger partial charge in [-0.05, 0) is 218 Å². The Morgan fingerprint density at radius 2 is 0.296 bits per heavy atom. The summed E-state index contributed by atoms with van der Waals surface area (Å²) in [6.07, 6.45) is 0. The van der Waals surface area contributed by atoms with Crippen molar-refractivity contribution in [1.29, 1.82) is 0 Å². The van der Waals surface area contributed by atoms with Crippen LogP contribution in [0.1, 0.15) is 33.4 Å². The van der Waals surface area contributed by atoms with Crippen LogP contribution in [-0.2, 0) is 0 Å². The van der Waals surface area contributed by atoms with Gasteiger partial charge in [0.15, 0.2) is 0 Å². The van der Waals surface area contributed by atoms with Gasteiger partial charge < -0.3 is 0 Å². The maximum absolute atomic E-state index is 3.89. The molecule has 0 bridgehead atoms. The number of benzene rings is 17. The molecule has 502 valence electrons. The van der Waals surface area contributed by atoms with Gasteiger partial charge in [-0.2, -0.15) is 0 Å². The Bertz CT molecular complexity index is 5980. The fourth-order valence-corrected chi connectivity index (χ4v) is 15.0. The summed E-state index contributed by atoms with van der Waals surface area (Å²) < 4.78 is 0. The maximum Gasteiger partial charge on any atom is 0.0412 e. The molecule has 0 aliphatic rings. The molecular formula is C108H70. The summed E-state index contributed by atoms with van der Waals surface area (Å²) in [5, 5.41) is 0. The van der Waals surface area contributed by atoms with Crippen molar-refractivity contribution in [3.63, 3.8) is 0 Å². The molecule has 0 heterocycles. The van der Waals surface area contributed by atoms with E-state index in [4.69, 9.17) is 0 Å². The van der Waals surface area contributed by atoms with E-state index in [1.54, 1.807) is 0 Å². The number of rotatable bonds is 13. The maximum atomic E-state index is 3.89. The zero-order chi connectivity index (χ0) is 72.2. The third kappa shape index (κ3) is 14.1. The van der Waals surface area contributed by atoms with Gasteiger partial charge in [0.25, 0.3) is 0 Å². The minimum atomic E-state index is 0.934. The zero-order valence-corrected chi connectivity index (χ0v) is 59.4. The van der Waals surface area contributed by atoms with Gasteiger partial charge in [-0.1, -0.05) is 375 Å². The smallest absolute Gasteiger partial charge is 0.0412 e. The van der Waals surface area contributed by atoms with Gasteiger partial charge in [0, 0.05) is 44.5 Å². The topological polar surface area (TPSA) is 0 Å². The van der Waals surface area contributed by atoms with Crippen LogP contribution in [0.25, 0.3) is 145 Å². The minimum absolute atomic E-state index is 0.934. The Morgan fingerprint density at radius 1 is 0.111 bits per heavy atom. The average molecular weight is 1370 g/mol. The largest absolute Gasteiger partial charge is 0.0622 e. The molecule has 17 rings (SSSR count). The first-order chi connectivity index (χ1) is 53.6. The summed E-state index contributed by atoms with van der Waals surface area (Å²) in [6.45, 7) is 0. The molecule has 0 N–H and O–H groups in total. The molecular weight excluding hydrogens is 1300 g/mol. The van der Waals surface area contributed by atoms with Crippen molar-refractivity contribution in [3.05, 3.63) is 458 Å². The quantitative estimate of drug-likeness (QED) is 0.101. The van der Waals surface area contributed by atoms with Crippen LogP contribution in [-0.4, -0.2) is 0 Å². The van der Waals surface area contributed by atoms with Gasteiger partial charge in [-0.3, -0.25) is 0 Å². The van der Waals surface area contributed by atoms with Gasteiger partial charge in [-0.25, -0.2) is 0 Å². The van der Waals surface area contributed by atoms with E-state index in [9.17, 15) is 0 Å². The first-order valence-corrected chi connectivity index (χ1v) is 36.7. The number of hydrogen-bond donors (Lipinski definition) is 0. The first-order valence-electron chi connectivity index (χ1n) is 36.7. The van der Waals surface area contributed by atoms with Gasteiger partial charge in [0.05, 0.1) is 0 Å². The molecule has 0 aliphatic carbocycles. The van der Waals surface area contributed by atoms with E-state index >= 15 is 0 Å². The molecule has 17 aromatic carbocycles. The van der Waals surface area contributed by atoms with Crippen molar-refractivity contribution in [1.82, 2.24) is 0 Å². The summed E-state index contributed by atoms with van der Waals surface area (Å²) in [6, 6.07) is 153. The normalized spacial score (nSPS) is 10.7. The lowest BCUT2D eigenvalue weighted by Gasteiger charge is -2.26. The SMILES string of the molecule is C(#Cc1ccc(-c2c(-c3ccccc3)cc(-c3cc(-c4cc(-c5ccccc5)c(C#Cc5ccccc5)c(-c5ccccc5)c4-c4ccccc4)cc(-c4cc(-c5ccccc5)c(C#Cc5ccccc5)c(-c5ccccc5)c4-c4ccccc4)c3)c(-c3ccccc3)c2-c2ccccc2)cc1)c1ccccc1. The molecule has 0 aliphatic heterocycles. The predicted molar refractivity (Wildman–Crippen MR) is 454 cm³/mol. The Kier molecular flexibility index (Phi) is 19.2. The van der Waals surface area contributed by atoms with E-state index in [-0.39, 0.29) is 0 Å². The summed E-state index contributed by atoms with van der Waals surface area (Å²) in [5.74, 6) is 22.1.